The van der Waals surface area contributed by atoms with E-state index < -0.39 is 0 Å². The number of carbonyl (C=O) groups excluding carboxylic acids is 1. The van der Waals surface area contributed by atoms with Gasteiger partial charge in [-0.15, -0.1) is 0 Å². The number of carbonyl (C=O) groups is 1. The van der Waals surface area contributed by atoms with Crippen LogP contribution in [0.3, 0.4) is 0 Å². The van der Waals surface area contributed by atoms with Crippen LogP contribution in [0.2, 0.25) is 0 Å². The molecule has 1 amide bonds. The molecule has 2 bridgehead atoms. The molecule has 0 N–H and O–H groups in total. The van der Waals surface area contributed by atoms with Gasteiger partial charge in [-0.05, 0) is 43.0 Å². The summed E-state index contributed by atoms with van der Waals surface area (Å²) in [6.07, 6.45) is 8.44. The second-order valence-electron chi connectivity index (χ2n) is 8.00. The molecule has 6 rings (SSSR count). The van der Waals surface area contributed by atoms with E-state index in [1.165, 1.54) is 6.42 Å². The van der Waals surface area contributed by atoms with Crippen LogP contribution in [0.15, 0.2) is 55.0 Å². The van der Waals surface area contributed by atoms with E-state index in [9.17, 15) is 4.79 Å². The molecule has 144 valence electrons. The van der Waals surface area contributed by atoms with Crippen molar-refractivity contribution in [3.63, 3.8) is 0 Å². The number of hydrogen-bond donors (Lipinski definition) is 0. The second kappa shape index (κ2) is 7.36. The third-order valence-electron chi connectivity index (χ3n) is 6.10. The Morgan fingerprint density at radius 3 is 2.86 bits per heavy atom. The molecule has 3 aromatic rings. The Balaban J connectivity index is 1.30. The second-order valence-corrected chi connectivity index (χ2v) is 8.00. The first-order chi connectivity index (χ1) is 13.8. The van der Waals surface area contributed by atoms with E-state index in [1.54, 1.807) is 0 Å². The molecular formula is C22H25N5O. The Bertz CT molecular complexity index is 969. The van der Waals surface area contributed by atoms with Crippen LogP contribution < -0.4 is 0 Å². The normalized spacial score (nSPS) is 22.5. The largest absolute Gasteiger partial charge is 0.340 e. The number of aromatic nitrogens is 3. The van der Waals surface area contributed by atoms with E-state index in [2.05, 4.69) is 25.8 Å². The molecule has 0 radical (unpaired) electrons. The van der Waals surface area contributed by atoms with E-state index in [-0.39, 0.29) is 5.91 Å². The maximum Gasteiger partial charge on any atom is 0.228 e. The fourth-order valence-electron chi connectivity index (χ4n) is 4.66. The number of amides is 1. The fourth-order valence-corrected chi connectivity index (χ4v) is 4.66. The summed E-state index contributed by atoms with van der Waals surface area (Å²) in [6, 6.07) is 12.4. The number of nitrogens with zero attached hydrogens (tertiary/aromatic N) is 5. The van der Waals surface area contributed by atoms with Gasteiger partial charge in [0.25, 0.3) is 0 Å². The topological polar surface area (TPSA) is 53.7 Å². The summed E-state index contributed by atoms with van der Waals surface area (Å²) in [7, 11) is 0. The highest BCUT2D eigenvalue weighted by molar-refractivity contribution is 5.78. The molecule has 0 spiro atoms. The summed E-state index contributed by atoms with van der Waals surface area (Å²) >= 11 is 0. The quantitative estimate of drug-likeness (QED) is 0.703. The van der Waals surface area contributed by atoms with Gasteiger partial charge in [0.2, 0.25) is 5.91 Å². The van der Waals surface area contributed by atoms with Gasteiger partial charge in [-0.1, -0.05) is 12.1 Å². The SMILES string of the molecule is O=C(Cc1cnc2ccccn12)N1C[C@H]2CC[C@@H](C1)N(Cc1ccccn1)C2. The van der Waals surface area contributed by atoms with Crippen molar-refractivity contribution in [1.82, 2.24) is 24.2 Å². The Kier molecular flexibility index (Phi) is 4.56. The first-order valence-corrected chi connectivity index (χ1v) is 10.1. The summed E-state index contributed by atoms with van der Waals surface area (Å²) in [5.41, 5.74) is 2.96. The summed E-state index contributed by atoms with van der Waals surface area (Å²) in [4.78, 5) is 26.6. The van der Waals surface area contributed by atoms with Crippen molar-refractivity contribution >= 4 is 11.6 Å². The first kappa shape index (κ1) is 17.4. The fraction of sp³-hybridized carbons (Fsp3) is 0.409. The van der Waals surface area contributed by atoms with Crippen LogP contribution in [0.1, 0.15) is 24.2 Å². The molecule has 2 atom stereocenters. The zero-order valence-electron chi connectivity index (χ0n) is 15.9. The Morgan fingerprint density at radius 2 is 1.96 bits per heavy atom. The highest BCUT2D eigenvalue weighted by Gasteiger charge is 2.36. The van der Waals surface area contributed by atoms with Gasteiger partial charge in [0.05, 0.1) is 17.8 Å². The maximum absolute atomic E-state index is 13.1. The number of fused-ring (bicyclic) bond motifs is 5. The lowest BCUT2D eigenvalue weighted by Crippen LogP contribution is -2.44. The van der Waals surface area contributed by atoms with Crippen molar-refractivity contribution < 1.29 is 4.79 Å². The summed E-state index contributed by atoms with van der Waals surface area (Å²) in [5.74, 6) is 0.760. The molecule has 0 aliphatic carbocycles. The molecule has 0 aromatic carbocycles. The average Bonchev–Trinajstić information content (AvgIpc) is 2.90. The van der Waals surface area contributed by atoms with E-state index in [0.717, 1.165) is 49.6 Å². The third kappa shape index (κ3) is 3.40. The van der Waals surface area contributed by atoms with Crippen LogP contribution in [-0.4, -0.2) is 55.8 Å². The Hall–Kier alpha value is -2.73. The van der Waals surface area contributed by atoms with E-state index in [4.69, 9.17) is 0 Å². The molecular weight excluding hydrogens is 350 g/mol. The molecule has 3 saturated heterocycles. The minimum atomic E-state index is 0.210. The zero-order chi connectivity index (χ0) is 18.9. The van der Waals surface area contributed by atoms with Crippen LogP contribution in [0.25, 0.3) is 5.65 Å². The average molecular weight is 375 g/mol. The molecule has 0 saturated carbocycles. The minimum Gasteiger partial charge on any atom is -0.340 e. The number of piperidine rings is 1. The highest BCUT2D eigenvalue weighted by Crippen LogP contribution is 2.29. The van der Waals surface area contributed by atoms with E-state index in [1.807, 2.05) is 53.3 Å². The molecule has 3 aromatic heterocycles. The summed E-state index contributed by atoms with van der Waals surface area (Å²) in [6.45, 7) is 3.61. The van der Waals surface area contributed by atoms with Crippen molar-refractivity contribution in [3.05, 3.63) is 66.4 Å². The lowest BCUT2D eigenvalue weighted by molar-refractivity contribution is -0.130. The van der Waals surface area contributed by atoms with Crippen molar-refractivity contribution in [2.75, 3.05) is 19.6 Å². The highest BCUT2D eigenvalue weighted by atomic mass is 16.2. The molecule has 28 heavy (non-hydrogen) atoms. The molecule has 3 fully saturated rings. The molecule has 6 heteroatoms. The number of imidazole rings is 1. The van der Waals surface area contributed by atoms with E-state index in [0.29, 0.717) is 18.4 Å². The van der Waals surface area contributed by atoms with Gasteiger partial charge in [0, 0.05) is 50.8 Å². The van der Waals surface area contributed by atoms with Crippen LogP contribution in [0.5, 0.6) is 0 Å². The van der Waals surface area contributed by atoms with Gasteiger partial charge >= 0.3 is 0 Å². The molecule has 0 unspecified atom stereocenters. The smallest absolute Gasteiger partial charge is 0.228 e. The minimum absolute atomic E-state index is 0.210. The van der Waals surface area contributed by atoms with Gasteiger partial charge in [-0.3, -0.25) is 14.7 Å². The third-order valence-corrected chi connectivity index (χ3v) is 6.10. The van der Waals surface area contributed by atoms with Crippen LogP contribution in [0, 0.1) is 5.92 Å². The van der Waals surface area contributed by atoms with Gasteiger partial charge < -0.3 is 9.30 Å². The van der Waals surface area contributed by atoms with E-state index >= 15 is 0 Å². The van der Waals surface area contributed by atoms with Crippen molar-refractivity contribution in [2.45, 2.75) is 31.8 Å². The predicted octanol–water partition coefficient (Wildman–Crippen LogP) is 2.39. The van der Waals surface area contributed by atoms with Crippen molar-refractivity contribution in [3.8, 4) is 0 Å². The monoisotopic (exact) mass is 375 g/mol. The molecule has 6 nitrogen and oxygen atoms in total. The van der Waals surface area contributed by atoms with Gasteiger partial charge in [-0.2, -0.15) is 0 Å². The summed E-state index contributed by atoms with van der Waals surface area (Å²) in [5, 5.41) is 0. The molecule has 3 aliphatic heterocycles. The van der Waals surface area contributed by atoms with Crippen LogP contribution in [-0.2, 0) is 17.8 Å². The Morgan fingerprint density at radius 1 is 1.04 bits per heavy atom. The van der Waals surface area contributed by atoms with Gasteiger partial charge in [0.15, 0.2) is 0 Å². The zero-order valence-corrected chi connectivity index (χ0v) is 15.9. The predicted molar refractivity (Wildman–Crippen MR) is 107 cm³/mol. The van der Waals surface area contributed by atoms with Crippen molar-refractivity contribution in [2.24, 2.45) is 5.92 Å². The standard InChI is InChI=1S/C22H25N5O/c28-22(11-20-12-24-21-6-2-4-10-27(20)21)26-14-17-7-8-19(16-26)25(13-17)15-18-5-1-3-9-23-18/h1-6,9-10,12,17,19H,7-8,11,13-16H2/t17-,19-/m0/s1. The number of rotatable bonds is 4. The lowest BCUT2D eigenvalue weighted by Gasteiger charge is -2.35. The molecule has 3 aliphatic rings. The van der Waals surface area contributed by atoms with Crippen LogP contribution in [0.4, 0.5) is 0 Å². The van der Waals surface area contributed by atoms with Gasteiger partial charge in [0.1, 0.15) is 5.65 Å². The number of hydrogen-bond acceptors (Lipinski definition) is 4. The van der Waals surface area contributed by atoms with Gasteiger partial charge in [-0.25, -0.2) is 4.98 Å². The van der Waals surface area contributed by atoms with Crippen LogP contribution >= 0.6 is 0 Å². The van der Waals surface area contributed by atoms with Crippen molar-refractivity contribution in [1.29, 1.82) is 0 Å². The first-order valence-electron chi connectivity index (χ1n) is 10.1. The number of pyridine rings is 2. The lowest BCUT2D eigenvalue weighted by atomic mass is 9.95. The summed E-state index contributed by atoms with van der Waals surface area (Å²) < 4.78 is 2.01. The Labute approximate surface area is 164 Å². The molecule has 6 heterocycles. The maximum atomic E-state index is 13.1.